The molecule has 0 aromatic heterocycles. The standard InChI is InChI=1S/C12H17FN2O/c1-12(2,8-14)11(16)15(3)10-6-4-9(13)5-7-10/h4-7H,8,14H2,1-3H3. The van der Waals surface area contributed by atoms with E-state index in [2.05, 4.69) is 0 Å². The molecule has 1 aromatic rings. The highest BCUT2D eigenvalue weighted by molar-refractivity contribution is 5.96. The van der Waals surface area contributed by atoms with Crippen LogP contribution < -0.4 is 10.6 Å². The van der Waals surface area contributed by atoms with Crippen molar-refractivity contribution < 1.29 is 9.18 Å². The van der Waals surface area contributed by atoms with Gasteiger partial charge in [0.05, 0.1) is 5.41 Å². The molecule has 16 heavy (non-hydrogen) atoms. The number of carbonyl (C=O) groups is 1. The fraction of sp³-hybridized carbons (Fsp3) is 0.417. The first-order chi connectivity index (χ1) is 7.38. The van der Waals surface area contributed by atoms with Gasteiger partial charge in [0, 0.05) is 19.3 Å². The van der Waals surface area contributed by atoms with Gasteiger partial charge in [-0.2, -0.15) is 0 Å². The fourth-order valence-corrected chi connectivity index (χ4v) is 1.32. The summed E-state index contributed by atoms with van der Waals surface area (Å²) in [6.07, 6.45) is 0. The Bertz CT molecular complexity index is 373. The minimum Gasteiger partial charge on any atom is -0.329 e. The maximum atomic E-state index is 12.7. The largest absolute Gasteiger partial charge is 0.329 e. The Morgan fingerprint density at radius 2 is 1.88 bits per heavy atom. The van der Waals surface area contributed by atoms with Crippen molar-refractivity contribution in [3.05, 3.63) is 30.1 Å². The number of halogens is 1. The smallest absolute Gasteiger partial charge is 0.233 e. The number of carbonyl (C=O) groups excluding carboxylic acids is 1. The third-order valence-corrected chi connectivity index (χ3v) is 2.61. The highest BCUT2D eigenvalue weighted by Gasteiger charge is 2.29. The summed E-state index contributed by atoms with van der Waals surface area (Å²) in [6, 6.07) is 5.79. The van der Waals surface area contributed by atoms with Gasteiger partial charge in [-0.05, 0) is 38.1 Å². The molecule has 0 atom stereocenters. The number of amides is 1. The first-order valence-corrected chi connectivity index (χ1v) is 5.12. The third-order valence-electron chi connectivity index (χ3n) is 2.61. The van der Waals surface area contributed by atoms with Crippen LogP contribution >= 0.6 is 0 Å². The van der Waals surface area contributed by atoms with Gasteiger partial charge >= 0.3 is 0 Å². The summed E-state index contributed by atoms with van der Waals surface area (Å²) >= 11 is 0. The molecule has 0 aliphatic heterocycles. The van der Waals surface area contributed by atoms with Gasteiger partial charge in [-0.25, -0.2) is 4.39 Å². The Morgan fingerprint density at radius 1 is 1.38 bits per heavy atom. The highest BCUT2D eigenvalue weighted by atomic mass is 19.1. The van der Waals surface area contributed by atoms with Crippen LogP contribution in [0.25, 0.3) is 0 Å². The molecule has 0 heterocycles. The summed E-state index contributed by atoms with van der Waals surface area (Å²) in [7, 11) is 1.66. The number of benzene rings is 1. The summed E-state index contributed by atoms with van der Waals surface area (Å²) < 4.78 is 12.7. The van der Waals surface area contributed by atoms with Crippen molar-refractivity contribution in [2.24, 2.45) is 11.1 Å². The van der Waals surface area contributed by atoms with Crippen molar-refractivity contribution in [1.29, 1.82) is 0 Å². The van der Waals surface area contributed by atoms with Crippen LogP contribution in [0.4, 0.5) is 10.1 Å². The van der Waals surface area contributed by atoms with Crippen molar-refractivity contribution in [1.82, 2.24) is 0 Å². The van der Waals surface area contributed by atoms with E-state index >= 15 is 0 Å². The minimum absolute atomic E-state index is 0.0818. The number of rotatable bonds is 3. The lowest BCUT2D eigenvalue weighted by atomic mass is 9.92. The Kier molecular flexibility index (Phi) is 3.65. The van der Waals surface area contributed by atoms with Gasteiger partial charge in [-0.1, -0.05) is 0 Å². The van der Waals surface area contributed by atoms with Gasteiger partial charge < -0.3 is 10.6 Å². The summed E-state index contributed by atoms with van der Waals surface area (Å²) in [5.74, 6) is -0.399. The zero-order chi connectivity index (χ0) is 12.3. The zero-order valence-electron chi connectivity index (χ0n) is 9.83. The van der Waals surface area contributed by atoms with Crippen LogP contribution in [-0.4, -0.2) is 19.5 Å². The molecule has 0 unspecified atom stereocenters. The SMILES string of the molecule is CN(C(=O)C(C)(C)CN)c1ccc(F)cc1. The van der Waals surface area contributed by atoms with E-state index in [-0.39, 0.29) is 18.3 Å². The molecule has 0 aliphatic rings. The van der Waals surface area contributed by atoms with Crippen molar-refractivity contribution in [3.8, 4) is 0 Å². The monoisotopic (exact) mass is 224 g/mol. The fourth-order valence-electron chi connectivity index (χ4n) is 1.32. The van der Waals surface area contributed by atoms with E-state index in [1.807, 2.05) is 0 Å². The second kappa shape index (κ2) is 4.61. The van der Waals surface area contributed by atoms with Crippen LogP contribution in [0.5, 0.6) is 0 Å². The summed E-state index contributed by atoms with van der Waals surface area (Å²) in [4.78, 5) is 13.5. The van der Waals surface area contributed by atoms with Crippen LogP contribution in [0.15, 0.2) is 24.3 Å². The number of nitrogens with zero attached hydrogens (tertiary/aromatic N) is 1. The van der Waals surface area contributed by atoms with Gasteiger partial charge in [0.25, 0.3) is 0 Å². The predicted octanol–water partition coefficient (Wildman–Crippen LogP) is 1.77. The maximum Gasteiger partial charge on any atom is 0.233 e. The average Bonchev–Trinajstić information content (AvgIpc) is 2.28. The quantitative estimate of drug-likeness (QED) is 0.850. The van der Waals surface area contributed by atoms with Crippen molar-refractivity contribution in [3.63, 3.8) is 0 Å². The Labute approximate surface area is 95.0 Å². The van der Waals surface area contributed by atoms with Crippen LogP contribution in [-0.2, 0) is 4.79 Å². The molecule has 0 bridgehead atoms. The topological polar surface area (TPSA) is 46.3 Å². The third kappa shape index (κ3) is 2.58. The van der Waals surface area contributed by atoms with E-state index in [1.165, 1.54) is 17.0 Å². The highest BCUT2D eigenvalue weighted by Crippen LogP contribution is 2.21. The molecule has 3 nitrogen and oxygen atoms in total. The maximum absolute atomic E-state index is 12.7. The van der Waals surface area contributed by atoms with Crippen LogP contribution in [0.3, 0.4) is 0 Å². The van der Waals surface area contributed by atoms with E-state index in [4.69, 9.17) is 5.73 Å². The summed E-state index contributed by atoms with van der Waals surface area (Å²) in [5.41, 5.74) is 5.59. The Morgan fingerprint density at radius 3 is 2.31 bits per heavy atom. The number of nitrogens with two attached hydrogens (primary N) is 1. The molecule has 1 amide bonds. The minimum atomic E-state index is -0.608. The molecule has 0 spiro atoms. The van der Waals surface area contributed by atoms with E-state index < -0.39 is 5.41 Å². The number of hydrogen-bond donors (Lipinski definition) is 1. The van der Waals surface area contributed by atoms with Crippen LogP contribution in [0.1, 0.15) is 13.8 Å². The molecule has 0 saturated carbocycles. The van der Waals surface area contributed by atoms with Crippen LogP contribution in [0.2, 0.25) is 0 Å². The Hall–Kier alpha value is -1.42. The lowest BCUT2D eigenvalue weighted by Crippen LogP contribution is -2.42. The van der Waals surface area contributed by atoms with Crippen molar-refractivity contribution in [2.75, 3.05) is 18.5 Å². The molecule has 4 heteroatoms. The van der Waals surface area contributed by atoms with Gasteiger partial charge in [-0.15, -0.1) is 0 Å². The zero-order valence-corrected chi connectivity index (χ0v) is 9.83. The lowest BCUT2D eigenvalue weighted by molar-refractivity contribution is -0.125. The first kappa shape index (κ1) is 12.6. The van der Waals surface area contributed by atoms with E-state index in [1.54, 1.807) is 33.0 Å². The van der Waals surface area contributed by atoms with Crippen LogP contribution in [0, 0.1) is 11.2 Å². The summed E-state index contributed by atoms with van der Waals surface area (Å²) in [5, 5.41) is 0. The second-order valence-corrected chi connectivity index (χ2v) is 4.43. The van der Waals surface area contributed by atoms with Crippen molar-refractivity contribution in [2.45, 2.75) is 13.8 Å². The molecule has 0 aliphatic carbocycles. The molecule has 0 radical (unpaired) electrons. The normalized spacial score (nSPS) is 11.3. The molecule has 1 aromatic carbocycles. The van der Waals surface area contributed by atoms with Gasteiger partial charge in [0.15, 0.2) is 0 Å². The van der Waals surface area contributed by atoms with Gasteiger partial charge in [-0.3, -0.25) is 4.79 Å². The number of hydrogen-bond acceptors (Lipinski definition) is 2. The van der Waals surface area contributed by atoms with Crippen molar-refractivity contribution >= 4 is 11.6 Å². The first-order valence-electron chi connectivity index (χ1n) is 5.12. The van der Waals surface area contributed by atoms with Gasteiger partial charge in [0.1, 0.15) is 5.82 Å². The second-order valence-electron chi connectivity index (χ2n) is 4.43. The lowest BCUT2D eigenvalue weighted by Gasteiger charge is -2.28. The molecule has 2 N–H and O–H groups in total. The molecule has 0 fully saturated rings. The van der Waals surface area contributed by atoms with E-state index in [0.29, 0.717) is 5.69 Å². The van der Waals surface area contributed by atoms with Gasteiger partial charge in [0.2, 0.25) is 5.91 Å². The molecule has 88 valence electrons. The molecular formula is C12H17FN2O. The summed E-state index contributed by atoms with van der Waals surface area (Å²) in [6.45, 7) is 3.85. The Balaban J connectivity index is 2.90. The molecular weight excluding hydrogens is 207 g/mol. The average molecular weight is 224 g/mol. The molecule has 0 saturated heterocycles. The number of anilines is 1. The molecule has 1 rings (SSSR count). The van der Waals surface area contributed by atoms with E-state index in [0.717, 1.165) is 0 Å². The predicted molar refractivity (Wildman–Crippen MR) is 62.6 cm³/mol. The van der Waals surface area contributed by atoms with E-state index in [9.17, 15) is 9.18 Å².